The van der Waals surface area contributed by atoms with Crippen LogP contribution < -0.4 is 10.0 Å². The van der Waals surface area contributed by atoms with Gasteiger partial charge in [0.25, 0.3) is 10.2 Å². The molecule has 17 heavy (non-hydrogen) atoms. The third kappa shape index (κ3) is 3.64. The normalized spacial score (nSPS) is 31.8. The summed E-state index contributed by atoms with van der Waals surface area (Å²) in [5, 5.41) is 3.43. The quantitative estimate of drug-likeness (QED) is 0.772. The number of hydrogen-bond acceptors (Lipinski definition) is 3. The molecule has 2 heterocycles. The lowest BCUT2D eigenvalue weighted by atomic mass is 10.00. The van der Waals surface area contributed by atoms with Crippen LogP contribution >= 0.6 is 0 Å². The third-order valence-corrected chi connectivity index (χ3v) is 5.20. The summed E-state index contributed by atoms with van der Waals surface area (Å²) in [6, 6.07) is 0.793. The average molecular weight is 261 g/mol. The predicted octanol–water partition coefficient (Wildman–Crippen LogP) is 0.447. The van der Waals surface area contributed by atoms with Crippen LogP contribution in [0.4, 0.5) is 0 Å². The maximum atomic E-state index is 11.9. The molecule has 0 saturated carbocycles. The maximum Gasteiger partial charge on any atom is 0.279 e. The van der Waals surface area contributed by atoms with E-state index in [2.05, 4.69) is 17.0 Å². The van der Waals surface area contributed by atoms with E-state index in [4.69, 9.17) is 0 Å². The molecule has 0 amide bonds. The van der Waals surface area contributed by atoms with Gasteiger partial charge in [0.15, 0.2) is 0 Å². The van der Waals surface area contributed by atoms with Crippen LogP contribution in [0.2, 0.25) is 0 Å². The average Bonchev–Trinajstić information content (AvgIpc) is 2.81. The molecule has 2 rings (SSSR count). The van der Waals surface area contributed by atoms with Crippen molar-refractivity contribution in [2.24, 2.45) is 0 Å². The summed E-state index contributed by atoms with van der Waals surface area (Å²) in [5.74, 6) is 0. The Hall–Kier alpha value is -0.170. The lowest BCUT2D eigenvalue weighted by Crippen LogP contribution is -2.49. The first kappa shape index (κ1) is 13.3. The highest BCUT2D eigenvalue weighted by molar-refractivity contribution is 7.87. The molecule has 2 fully saturated rings. The fraction of sp³-hybridized carbons (Fsp3) is 1.00. The van der Waals surface area contributed by atoms with Crippen LogP contribution in [0, 0.1) is 0 Å². The van der Waals surface area contributed by atoms with Gasteiger partial charge in [-0.25, -0.2) is 4.72 Å². The van der Waals surface area contributed by atoms with E-state index in [1.165, 1.54) is 12.8 Å². The van der Waals surface area contributed by atoms with Gasteiger partial charge in [-0.05, 0) is 32.6 Å². The van der Waals surface area contributed by atoms with Crippen molar-refractivity contribution in [1.82, 2.24) is 14.3 Å². The molecular formula is C11H23N3O2S. The topological polar surface area (TPSA) is 61.4 Å². The van der Waals surface area contributed by atoms with Gasteiger partial charge in [0.05, 0.1) is 0 Å². The van der Waals surface area contributed by atoms with Crippen molar-refractivity contribution in [2.75, 3.05) is 19.6 Å². The van der Waals surface area contributed by atoms with Crippen LogP contribution in [0.5, 0.6) is 0 Å². The van der Waals surface area contributed by atoms with Gasteiger partial charge in [-0.2, -0.15) is 12.7 Å². The molecule has 0 spiro atoms. The molecular weight excluding hydrogens is 238 g/mol. The second-order valence-corrected chi connectivity index (χ2v) is 6.91. The number of piperidine rings is 1. The number of nitrogens with one attached hydrogen (secondary N) is 2. The summed E-state index contributed by atoms with van der Waals surface area (Å²) in [7, 11) is -3.23. The van der Waals surface area contributed by atoms with Crippen molar-refractivity contribution in [3.05, 3.63) is 0 Å². The fourth-order valence-electron chi connectivity index (χ4n) is 2.63. The summed E-state index contributed by atoms with van der Waals surface area (Å²) in [4.78, 5) is 0. The Morgan fingerprint density at radius 3 is 2.59 bits per heavy atom. The van der Waals surface area contributed by atoms with Crippen LogP contribution in [0.3, 0.4) is 0 Å². The van der Waals surface area contributed by atoms with Crippen molar-refractivity contribution in [1.29, 1.82) is 0 Å². The van der Waals surface area contributed by atoms with Crippen molar-refractivity contribution in [3.8, 4) is 0 Å². The summed E-state index contributed by atoms with van der Waals surface area (Å²) >= 11 is 0. The number of hydrogen-bond donors (Lipinski definition) is 2. The Morgan fingerprint density at radius 1 is 1.24 bits per heavy atom. The Bertz CT molecular complexity index is 339. The highest BCUT2D eigenvalue weighted by atomic mass is 32.2. The minimum absolute atomic E-state index is 0.288. The van der Waals surface area contributed by atoms with Crippen LogP contribution in [0.1, 0.15) is 39.0 Å². The van der Waals surface area contributed by atoms with Crippen LogP contribution in [-0.4, -0.2) is 44.4 Å². The van der Waals surface area contributed by atoms with Gasteiger partial charge in [0.1, 0.15) is 0 Å². The highest BCUT2D eigenvalue weighted by Crippen LogP contribution is 2.14. The van der Waals surface area contributed by atoms with Gasteiger partial charge in [-0.3, -0.25) is 0 Å². The van der Waals surface area contributed by atoms with Crippen LogP contribution in [-0.2, 0) is 10.2 Å². The van der Waals surface area contributed by atoms with Crippen LogP contribution in [0.15, 0.2) is 0 Å². The minimum atomic E-state index is -3.23. The van der Waals surface area contributed by atoms with E-state index >= 15 is 0 Å². The molecule has 0 radical (unpaired) electrons. The third-order valence-electron chi connectivity index (χ3n) is 3.63. The second kappa shape index (κ2) is 5.65. The molecule has 2 N–H and O–H groups in total. The summed E-state index contributed by atoms with van der Waals surface area (Å²) in [5.41, 5.74) is 0. The molecule has 100 valence electrons. The molecule has 5 nitrogen and oxygen atoms in total. The predicted molar refractivity (Wildman–Crippen MR) is 68.0 cm³/mol. The first-order chi connectivity index (χ1) is 8.08. The van der Waals surface area contributed by atoms with Gasteiger partial charge in [0, 0.05) is 31.7 Å². The Morgan fingerprint density at radius 2 is 1.94 bits per heavy atom. The van der Waals surface area contributed by atoms with E-state index in [-0.39, 0.29) is 6.04 Å². The molecule has 2 aliphatic heterocycles. The van der Waals surface area contributed by atoms with E-state index in [9.17, 15) is 8.42 Å². The van der Waals surface area contributed by atoms with Gasteiger partial charge in [0.2, 0.25) is 0 Å². The Kier molecular flexibility index (Phi) is 4.41. The second-order valence-electron chi connectivity index (χ2n) is 5.16. The molecule has 0 bridgehead atoms. The fourth-order valence-corrected chi connectivity index (χ4v) is 3.96. The highest BCUT2D eigenvalue weighted by Gasteiger charge is 2.26. The summed E-state index contributed by atoms with van der Waals surface area (Å²) in [6.07, 6.45) is 5.41. The van der Waals surface area contributed by atoms with E-state index in [1.807, 2.05) is 0 Å². The van der Waals surface area contributed by atoms with Crippen molar-refractivity contribution < 1.29 is 8.42 Å². The standard InChI is InChI=1S/C11H23N3O2S/c1-10-5-4-6-11(13-10)9-12-17(15,16)14-7-2-3-8-14/h10-13H,2-9H2,1H3. The molecule has 0 aliphatic carbocycles. The van der Waals surface area contributed by atoms with Gasteiger partial charge in [-0.1, -0.05) is 6.42 Å². The minimum Gasteiger partial charge on any atom is -0.310 e. The SMILES string of the molecule is CC1CCCC(CNS(=O)(=O)N2CCCC2)N1. The van der Waals surface area contributed by atoms with Crippen molar-refractivity contribution in [3.63, 3.8) is 0 Å². The summed E-state index contributed by atoms with van der Waals surface area (Å²) in [6.45, 7) is 4.01. The van der Waals surface area contributed by atoms with Gasteiger partial charge < -0.3 is 5.32 Å². The van der Waals surface area contributed by atoms with E-state index < -0.39 is 10.2 Å². The molecule has 2 aliphatic rings. The van der Waals surface area contributed by atoms with E-state index in [0.29, 0.717) is 25.7 Å². The van der Waals surface area contributed by atoms with E-state index in [1.54, 1.807) is 4.31 Å². The first-order valence-corrected chi connectivity index (χ1v) is 8.03. The molecule has 0 aromatic carbocycles. The lowest BCUT2D eigenvalue weighted by Gasteiger charge is -2.29. The molecule has 0 aromatic rings. The molecule has 6 heteroatoms. The largest absolute Gasteiger partial charge is 0.310 e. The molecule has 2 unspecified atom stereocenters. The van der Waals surface area contributed by atoms with Crippen molar-refractivity contribution in [2.45, 2.75) is 51.1 Å². The smallest absolute Gasteiger partial charge is 0.279 e. The summed E-state index contributed by atoms with van der Waals surface area (Å²) < 4.78 is 28.2. The number of nitrogens with zero attached hydrogens (tertiary/aromatic N) is 1. The number of rotatable bonds is 4. The maximum absolute atomic E-state index is 11.9. The molecule has 2 atom stereocenters. The molecule has 2 saturated heterocycles. The Labute approximate surface area is 104 Å². The molecule has 0 aromatic heterocycles. The first-order valence-electron chi connectivity index (χ1n) is 6.59. The zero-order valence-electron chi connectivity index (χ0n) is 10.5. The van der Waals surface area contributed by atoms with E-state index in [0.717, 1.165) is 19.3 Å². The monoisotopic (exact) mass is 261 g/mol. The lowest BCUT2D eigenvalue weighted by molar-refractivity contribution is 0.332. The zero-order chi connectivity index (χ0) is 12.3. The van der Waals surface area contributed by atoms with Gasteiger partial charge >= 0.3 is 0 Å². The zero-order valence-corrected chi connectivity index (χ0v) is 11.3. The van der Waals surface area contributed by atoms with Gasteiger partial charge in [-0.15, -0.1) is 0 Å². The Balaban J connectivity index is 1.80. The van der Waals surface area contributed by atoms with Crippen molar-refractivity contribution >= 4 is 10.2 Å². The van der Waals surface area contributed by atoms with Crippen LogP contribution in [0.25, 0.3) is 0 Å².